The van der Waals surface area contributed by atoms with E-state index in [2.05, 4.69) is 192 Å². The lowest BCUT2D eigenvalue weighted by atomic mass is 9.56. The fourth-order valence-electron chi connectivity index (χ4n) is 28.0. The lowest BCUT2D eigenvalue weighted by Gasteiger charge is -2.64. The van der Waals surface area contributed by atoms with Crippen LogP contribution in [0.2, 0.25) is 46.8 Å². The smallest absolute Gasteiger partial charge is 0.0590 e. The average Bonchev–Trinajstić information content (AvgIpc) is 1.71. The van der Waals surface area contributed by atoms with E-state index in [0.717, 1.165) is 108 Å². The molecule has 19 fully saturated rings. The molecule has 19 rings (SSSR count). The van der Waals surface area contributed by atoms with E-state index < -0.39 is 16.1 Å². The molecule has 7 atom stereocenters. The molecule has 6 spiro atoms. The summed E-state index contributed by atoms with van der Waals surface area (Å²) in [6, 6.07) is 0. The second kappa shape index (κ2) is 29.8. The van der Waals surface area contributed by atoms with Crippen LogP contribution in [0, 0.1) is 130 Å². The molecule has 101 heavy (non-hydrogen) atoms. The number of rotatable bonds is 2. The normalized spacial score (nSPS) is 36.5. The third-order valence-electron chi connectivity index (χ3n) is 37.5. The zero-order valence-corrected chi connectivity index (χ0v) is 76.5. The van der Waals surface area contributed by atoms with Crippen LogP contribution >= 0.6 is 0 Å². The molecular weight excluding hydrogens is 1250 g/mol. The first-order chi connectivity index (χ1) is 46.3. The monoisotopic (exact) mass is 1430 g/mol. The highest BCUT2D eigenvalue weighted by Gasteiger charge is 2.64. The topological polar surface area (TPSA) is 0 Å². The summed E-state index contributed by atoms with van der Waals surface area (Å²) in [5, 5.41) is 1.99. The van der Waals surface area contributed by atoms with Crippen LogP contribution in [0.4, 0.5) is 0 Å². The first kappa shape index (κ1) is 83.9. The van der Waals surface area contributed by atoms with Gasteiger partial charge in [0.15, 0.2) is 0 Å². The van der Waals surface area contributed by atoms with E-state index in [1.807, 2.05) is 0 Å². The van der Waals surface area contributed by atoms with Crippen LogP contribution < -0.4 is 0 Å². The Morgan fingerprint density at radius 3 is 0.762 bits per heavy atom. The largest absolute Gasteiger partial charge is 0.0688 e. The van der Waals surface area contributed by atoms with Crippen molar-refractivity contribution in [1.29, 1.82) is 0 Å². The molecule has 0 N–H and O–H groups in total. The highest BCUT2D eigenvalue weighted by atomic mass is 28.3. The zero-order valence-electron chi connectivity index (χ0n) is 74.5. The summed E-state index contributed by atoms with van der Waals surface area (Å²) in [7, 11) is -2.21. The summed E-state index contributed by atoms with van der Waals surface area (Å²) in [4.78, 5) is 0. The molecule has 0 aromatic carbocycles. The summed E-state index contributed by atoms with van der Waals surface area (Å²) in [6.07, 6.45) is 67.8. The molecule has 7 unspecified atom stereocenters. The summed E-state index contributed by atoms with van der Waals surface area (Å²) >= 11 is 0. The van der Waals surface area contributed by atoms with Crippen molar-refractivity contribution < 1.29 is 0 Å². The van der Waals surface area contributed by atoms with E-state index in [0.29, 0.717) is 42.6 Å². The van der Waals surface area contributed by atoms with E-state index in [1.54, 1.807) is 109 Å². The van der Waals surface area contributed by atoms with Gasteiger partial charge >= 0.3 is 0 Å². The maximum Gasteiger partial charge on any atom is 0.0590 e. The number of fused-ring (bicyclic) bond motifs is 3. The Bertz CT molecular complexity index is 2550. The summed E-state index contributed by atoms with van der Waals surface area (Å²) in [5.74, 6) is 11.8. The molecule has 0 heterocycles. The molecule has 19 saturated carbocycles. The molecule has 0 aliphatic heterocycles. The van der Waals surface area contributed by atoms with E-state index >= 15 is 0 Å². The fourth-order valence-corrected chi connectivity index (χ4v) is 35.5. The molecular formula is C99H184Si2. The number of hydrogen-bond donors (Lipinski definition) is 0. The standard InChI is InChI=1S/C16H30Si.C14H28Si.C13H24.2C12H22.2C11H20.C10H18/c1-15(2,3)17(4,5)16-9-12-6-13(10-16)8-14(7-12)11-16;1-14(2,3)15(4,5)13-10-11-6-8-12(13)9-7-11;1-12(2,3)11-6-9-13(10-11)7-4-5-8-13;1-11(2,3)10-5-8-12(9-10)6-4-7-12;1-11(2,3)10-9-12(10)7-5-4-6-8-12;1-10(2,3)9-4-5-11(8-9)6-7-11;1-10(2,3)9-8-11(9)6-4-5-7-11;1-9(2,3)8-7-10(8)5-4-6-10/h12-14H,6-11H2,1-5H3;11-13H,6-10H2,1-5H3;11H,4-10H2,1-3H3;2*10H,4-9H2,1-3H3;2*9H,4-8H2,1-3H3;8H,4-7H2,1-3H3. The van der Waals surface area contributed by atoms with Crippen LogP contribution in [0.1, 0.15) is 449 Å². The van der Waals surface area contributed by atoms with Crippen molar-refractivity contribution in [1.82, 2.24) is 0 Å². The summed E-state index contributed by atoms with van der Waals surface area (Å²) in [6.45, 7) is 69.1. The Labute approximate surface area is 637 Å². The van der Waals surface area contributed by atoms with Gasteiger partial charge in [-0.2, -0.15) is 0 Å². The Morgan fingerprint density at radius 2 is 0.545 bits per heavy atom. The van der Waals surface area contributed by atoms with Gasteiger partial charge in [0.25, 0.3) is 0 Å². The van der Waals surface area contributed by atoms with Gasteiger partial charge < -0.3 is 0 Å². The van der Waals surface area contributed by atoms with Crippen molar-refractivity contribution in [3.05, 3.63) is 0 Å². The molecule has 0 radical (unpaired) electrons. The predicted octanol–water partition coefficient (Wildman–Crippen LogP) is 33.4. The maximum atomic E-state index is 2.71. The van der Waals surface area contributed by atoms with Crippen LogP contribution in [0.5, 0.6) is 0 Å². The Hall–Kier alpha value is 0.434. The minimum absolute atomic E-state index is 0.562. The van der Waals surface area contributed by atoms with Crippen molar-refractivity contribution >= 4 is 16.1 Å². The van der Waals surface area contributed by atoms with E-state index in [1.165, 1.54) is 173 Å². The number of hydrogen-bond acceptors (Lipinski definition) is 0. The second-order valence-corrected chi connectivity index (χ2v) is 63.7. The third kappa shape index (κ3) is 19.5. The van der Waals surface area contributed by atoms with Crippen LogP contribution in [0.15, 0.2) is 0 Å². The molecule has 0 amide bonds. The van der Waals surface area contributed by atoms with Gasteiger partial charge in [0, 0.05) is 0 Å². The third-order valence-corrected chi connectivity index (χ3v) is 50.9. The van der Waals surface area contributed by atoms with Crippen LogP contribution in [-0.2, 0) is 0 Å². The second-order valence-electron chi connectivity index (χ2n) is 52.2. The SMILES string of the molecule is CC(C)(C)C1CC12CCC2.CC(C)(C)C1CC12CCCC2.CC(C)(C)C1CC12CCCCC2.CC(C)(C)C1CCC2(CC2)C1.CC(C)(C)C1CCC2(CCC2)C1.CC(C)(C)C1CCC2(CCCC2)C1.CC(C)(C)[Si](C)(C)C12CC3CC(CC(C3)C1)C2.CC(C)(C)[Si](C)(C)C1CC2CCC1CC2. The van der Waals surface area contributed by atoms with E-state index in [-0.39, 0.29) is 0 Å². The van der Waals surface area contributed by atoms with Crippen molar-refractivity contribution in [3.63, 3.8) is 0 Å². The molecule has 0 aromatic heterocycles. The first-order valence-corrected chi connectivity index (χ1v) is 52.3. The van der Waals surface area contributed by atoms with E-state index in [9.17, 15) is 0 Å². The summed E-state index contributed by atoms with van der Waals surface area (Å²) < 4.78 is 0. The van der Waals surface area contributed by atoms with Crippen molar-refractivity contribution in [3.8, 4) is 0 Å². The zero-order chi connectivity index (χ0) is 74.5. The van der Waals surface area contributed by atoms with E-state index in [4.69, 9.17) is 0 Å². The van der Waals surface area contributed by atoms with Crippen molar-refractivity contribution in [2.45, 2.75) is 496 Å². The van der Waals surface area contributed by atoms with Gasteiger partial charge in [-0.25, -0.2) is 0 Å². The quantitative estimate of drug-likeness (QED) is 0.242. The molecule has 0 aromatic rings. The van der Waals surface area contributed by atoms with Crippen LogP contribution in [-0.4, -0.2) is 16.1 Å². The molecule has 588 valence electrons. The fraction of sp³-hybridized carbons (Fsp3) is 1.00. The van der Waals surface area contributed by atoms with Gasteiger partial charge in [-0.05, 0) is 350 Å². The molecule has 6 bridgehead atoms. The molecule has 0 nitrogen and oxygen atoms in total. The van der Waals surface area contributed by atoms with Crippen LogP contribution in [0.3, 0.4) is 0 Å². The Balaban J connectivity index is 0.000000125. The average molecular weight is 1430 g/mol. The van der Waals surface area contributed by atoms with Gasteiger partial charge in [-0.3, -0.25) is 0 Å². The Kier molecular flexibility index (Phi) is 24.8. The lowest BCUT2D eigenvalue weighted by molar-refractivity contribution is 0.0233. The Morgan fingerprint density at radius 1 is 0.248 bits per heavy atom. The van der Waals surface area contributed by atoms with Gasteiger partial charge in [0.2, 0.25) is 0 Å². The molecule has 2 heteroatoms. The van der Waals surface area contributed by atoms with Crippen molar-refractivity contribution in [2.24, 2.45) is 130 Å². The summed E-state index contributed by atoms with van der Waals surface area (Å²) in [5.41, 5.74) is 9.69. The van der Waals surface area contributed by atoms with Gasteiger partial charge in [-0.1, -0.05) is 276 Å². The van der Waals surface area contributed by atoms with Crippen molar-refractivity contribution in [2.75, 3.05) is 0 Å². The highest BCUT2D eigenvalue weighted by Crippen LogP contribution is 2.74. The van der Waals surface area contributed by atoms with Crippen LogP contribution in [0.25, 0.3) is 0 Å². The highest BCUT2D eigenvalue weighted by molar-refractivity contribution is 6.83. The lowest BCUT2D eigenvalue weighted by Crippen LogP contribution is -2.57. The first-order valence-electron chi connectivity index (χ1n) is 46.3. The van der Waals surface area contributed by atoms with Gasteiger partial charge in [-0.15, -0.1) is 0 Å². The maximum absolute atomic E-state index is 2.71. The predicted molar refractivity (Wildman–Crippen MR) is 454 cm³/mol. The minimum atomic E-state index is -1.16. The van der Waals surface area contributed by atoms with Gasteiger partial charge in [0.05, 0.1) is 16.1 Å². The minimum Gasteiger partial charge on any atom is -0.0688 e. The molecule has 19 aliphatic rings. The van der Waals surface area contributed by atoms with Gasteiger partial charge in [0.1, 0.15) is 0 Å². The molecule has 0 saturated heterocycles. The molecule has 19 aliphatic carbocycles.